The van der Waals surface area contributed by atoms with Crippen LogP contribution in [-0.4, -0.2) is 19.9 Å². The van der Waals surface area contributed by atoms with Crippen LogP contribution in [0.15, 0.2) is 6.33 Å². The van der Waals surface area contributed by atoms with E-state index in [1.807, 2.05) is 7.05 Å². The van der Waals surface area contributed by atoms with Crippen molar-refractivity contribution in [3.8, 4) is 0 Å². The van der Waals surface area contributed by atoms with Crippen molar-refractivity contribution in [3.05, 3.63) is 12.2 Å². The van der Waals surface area contributed by atoms with Gasteiger partial charge in [-0.15, -0.1) is 0 Å². The molecule has 4 heteroatoms. The van der Waals surface area contributed by atoms with Crippen molar-refractivity contribution in [2.24, 2.45) is 18.9 Å². The monoisotopic (exact) mass is 195 g/mol. The third-order valence-corrected chi connectivity index (χ3v) is 3.19. The lowest BCUT2D eigenvalue weighted by Crippen LogP contribution is -2.14. The summed E-state index contributed by atoms with van der Waals surface area (Å²) >= 11 is 0. The van der Waals surface area contributed by atoms with Crippen molar-refractivity contribution in [1.29, 1.82) is 0 Å². The van der Waals surface area contributed by atoms with E-state index in [0.717, 1.165) is 18.8 Å². The van der Waals surface area contributed by atoms with Gasteiger partial charge in [0.25, 0.3) is 0 Å². The van der Waals surface area contributed by atoms with Crippen molar-refractivity contribution < 1.29 is 5.11 Å². The molecular formula is C10H17N3O. The first kappa shape index (κ1) is 9.65. The summed E-state index contributed by atoms with van der Waals surface area (Å²) in [5.74, 6) is 1.81. The third kappa shape index (κ3) is 1.66. The lowest BCUT2D eigenvalue weighted by atomic mass is 9.99. The zero-order chi connectivity index (χ0) is 10.1. The third-order valence-electron chi connectivity index (χ3n) is 3.19. The number of nitrogens with zero attached hydrogens (tertiary/aromatic N) is 3. The summed E-state index contributed by atoms with van der Waals surface area (Å²) in [4.78, 5) is 4.09. The van der Waals surface area contributed by atoms with Gasteiger partial charge in [0.2, 0.25) is 0 Å². The van der Waals surface area contributed by atoms with Crippen LogP contribution in [0.2, 0.25) is 0 Å². The van der Waals surface area contributed by atoms with E-state index in [1.165, 1.54) is 12.7 Å². The fourth-order valence-electron chi connectivity index (χ4n) is 2.32. The van der Waals surface area contributed by atoms with Crippen molar-refractivity contribution in [2.75, 3.05) is 0 Å². The molecule has 3 unspecified atom stereocenters. The van der Waals surface area contributed by atoms with Crippen molar-refractivity contribution in [3.63, 3.8) is 0 Å². The first-order chi connectivity index (χ1) is 6.68. The molecule has 78 valence electrons. The second-order valence-electron chi connectivity index (χ2n) is 4.36. The van der Waals surface area contributed by atoms with Gasteiger partial charge in [0.1, 0.15) is 12.4 Å². The summed E-state index contributed by atoms with van der Waals surface area (Å²) in [6, 6.07) is 0. The van der Waals surface area contributed by atoms with Gasteiger partial charge in [-0.25, -0.2) is 4.98 Å². The second kappa shape index (κ2) is 3.69. The van der Waals surface area contributed by atoms with E-state index in [2.05, 4.69) is 17.0 Å². The zero-order valence-electron chi connectivity index (χ0n) is 8.72. The molecule has 4 nitrogen and oxygen atoms in total. The Balaban J connectivity index is 2.09. The van der Waals surface area contributed by atoms with Crippen LogP contribution >= 0.6 is 0 Å². The predicted octanol–water partition coefficient (Wildman–Crippen LogP) is 1.28. The van der Waals surface area contributed by atoms with E-state index in [0.29, 0.717) is 11.7 Å². The Morgan fingerprint density at radius 2 is 2.36 bits per heavy atom. The van der Waals surface area contributed by atoms with Crippen LogP contribution in [0, 0.1) is 11.8 Å². The van der Waals surface area contributed by atoms with Crippen LogP contribution < -0.4 is 0 Å². The van der Waals surface area contributed by atoms with Gasteiger partial charge in [0, 0.05) is 7.05 Å². The van der Waals surface area contributed by atoms with Crippen molar-refractivity contribution in [2.45, 2.75) is 32.3 Å². The molecule has 1 aliphatic carbocycles. The Labute approximate surface area is 84.0 Å². The van der Waals surface area contributed by atoms with E-state index in [4.69, 9.17) is 0 Å². The molecule has 1 heterocycles. The van der Waals surface area contributed by atoms with Crippen LogP contribution in [0.25, 0.3) is 0 Å². The number of aliphatic hydroxyl groups excluding tert-OH is 1. The van der Waals surface area contributed by atoms with Gasteiger partial charge in [-0.2, -0.15) is 5.10 Å². The maximum atomic E-state index is 10.1. The Hall–Kier alpha value is -0.900. The summed E-state index contributed by atoms with van der Waals surface area (Å²) < 4.78 is 1.66. The van der Waals surface area contributed by atoms with Gasteiger partial charge in [-0.1, -0.05) is 13.3 Å². The Bertz CT molecular complexity index is 310. The molecule has 3 atom stereocenters. The molecule has 0 aromatic carbocycles. The Kier molecular flexibility index (Phi) is 2.54. The Morgan fingerprint density at radius 3 is 2.86 bits per heavy atom. The van der Waals surface area contributed by atoms with E-state index >= 15 is 0 Å². The van der Waals surface area contributed by atoms with Gasteiger partial charge in [-0.3, -0.25) is 4.68 Å². The molecule has 0 saturated heterocycles. The van der Waals surface area contributed by atoms with E-state index in [9.17, 15) is 5.11 Å². The summed E-state index contributed by atoms with van der Waals surface area (Å²) in [6.07, 6.45) is 4.49. The van der Waals surface area contributed by atoms with E-state index in [-0.39, 0.29) is 0 Å². The van der Waals surface area contributed by atoms with Crippen LogP contribution in [0.4, 0.5) is 0 Å². The number of rotatable bonds is 2. The molecule has 0 amide bonds. The Morgan fingerprint density at radius 1 is 1.57 bits per heavy atom. The molecule has 2 rings (SSSR count). The minimum Gasteiger partial charge on any atom is -0.385 e. The van der Waals surface area contributed by atoms with Crippen LogP contribution in [-0.2, 0) is 7.05 Å². The molecule has 1 aromatic heterocycles. The van der Waals surface area contributed by atoms with Crippen LogP contribution in [0.1, 0.15) is 38.1 Å². The summed E-state index contributed by atoms with van der Waals surface area (Å²) in [7, 11) is 1.82. The van der Waals surface area contributed by atoms with Gasteiger partial charge < -0.3 is 5.11 Å². The molecule has 1 aromatic rings. The van der Waals surface area contributed by atoms with Crippen molar-refractivity contribution in [1.82, 2.24) is 14.8 Å². The standard InChI is InChI=1S/C10H17N3O/c1-7-3-4-8(5-7)9(14)10-11-6-12-13(10)2/h6-9,14H,3-5H2,1-2H3. The quantitative estimate of drug-likeness (QED) is 0.773. The molecule has 0 aliphatic heterocycles. The van der Waals surface area contributed by atoms with Crippen LogP contribution in [0.3, 0.4) is 0 Å². The molecule has 0 spiro atoms. The largest absolute Gasteiger partial charge is 0.385 e. The molecule has 1 N–H and O–H groups in total. The van der Waals surface area contributed by atoms with Crippen molar-refractivity contribution >= 4 is 0 Å². The highest BCUT2D eigenvalue weighted by molar-refractivity contribution is 4.94. The first-order valence-corrected chi connectivity index (χ1v) is 5.20. The molecule has 1 saturated carbocycles. The molecule has 0 bridgehead atoms. The van der Waals surface area contributed by atoms with Gasteiger partial charge in [-0.05, 0) is 24.7 Å². The maximum absolute atomic E-state index is 10.1. The minimum atomic E-state index is -0.438. The van der Waals surface area contributed by atoms with E-state index < -0.39 is 6.10 Å². The lowest BCUT2D eigenvalue weighted by molar-refractivity contribution is 0.0970. The average molecular weight is 195 g/mol. The molecule has 0 radical (unpaired) electrons. The van der Waals surface area contributed by atoms with E-state index in [1.54, 1.807) is 4.68 Å². The topological polar surface area (TPSA) is 50.9 Å². The highest BCUT2D eigenvalue weighted by atomic mass is 16.3. The first-order valence-electron chi connectivity index (χ1n) is 5.20. The average Bonchev–Trinajstić information content (AvgIpc) is 2.73. The van der Waals surface area contributed by atoms with Gasteiger partial charge in [0.05, 0.1) is 0 Å². The highest BCUT2D eigenvalue weighted by Crippen LogP contribution is 2.37. The summed E-state index contributed by atoms with van der Waals surface area (Å²) in [5.41, 5.74) is 0. The molecular weight excluding hydrogens is 178 g/mol. The number of aryl methyl sites for hydroxylation is 1. The highest BCUT2D eigenvalue weighted by Gasteiger charge is 2.30. The smallest absolute Gasteiger partial charge is 0.155 e. The maximum Gasteiger partial charge on any atom is 0.155 e. The number of hydrogen-bond acceptors (Lipinski definition) is 3. The number of aromatic nitrogens is 3. The van der Waals surface area contributed by atoms with Gasteiger partial charge >= 0.3 is 0 Å². The lowest BCUT2D eigenvalue weighted by Gasteiger charge is -2.16. The molecule has 14 heavy (non-hydrogen) atoms. The summed E-state index contributed by atoms with van der Waals surface area (Å²) in [6.45, 7) is 2.24. The predicted molar refractivity (Wildman–Crippen MR) is 52.5 cm³/mol. The SMILES string of the molecule is CC1CCC(C(O)c2ncnn2C)C1. The number of hydrogen-bond donors (Lipinski definition) is 1. The summed E-state index contributed by atoms with van der Waals surface area (Å²) in [5, 5.41) is 14.1. The fourth-order valence-corrected chi connectivity index (χ4v) is 2.32. The molecule has 1 aliphatic rings. The molecule has 1 fully saturated rings. The zero-order valence-corrected chi connectivity index (χ0v) is 8.72. The van der Waals surface area contributed by atoms with Gasteiger partial charge in [0.15, 0.2) is 5.82 Å². The fraction of sp³-hybridized carbons (Fsp3) is 0.800. The normalized spacial score (nSPS) is 29.4. The minimum absolute atomic E-state index is 0.368. The number of aliphatic hydroxyl groups is 1. The van der Waals surface area contributed by atoms with Crippen LogP contribution in [0.5, 0.6) is 0 Å². The second-order valence-corrected chi connectivity index (χ2v) is 4.36.